The average molecular weight is 274 g/mol. The van der Waals surface area contributed by atoms with E-state index in [4.69, 9.17) is 5.73 Å². The Morgan fingerprint density at radius 1 is 0.900 bits per heavy atom. The summed E-state index contributed by atoms with van der Waals surface area (Å²) in [4.78, 5) is 0. The standard InChI is InChI=1S/C19H32N/c1-4-5-6-7-8-9-10-17-11-13-18(14-12-17)15-16-19(2,3)20/h11-14H,2,4-10,15-16,20H2,1,3H3. The lowest BCUT2D eigenvalue weighted by Gasteiger charge is -2.17. The Labute approximate surface area is 126 Å². The van der Waals surface area contributed by atoms with Crippen molar-refractivity contribution in [1.82, 2.24) is 0 Å². The van der Waals surface area contributed by atoms with Crippen LogP contribution in [0.25, 0.3) is 0 Å². The molecule has 1 heteroatoms. The molecule has 0 heterocycles. The Balaban J connectivity index is 2.21. The number of rotatable bonds is 10. The van der Waals surface area contributed by atoms with E-state index in [0.29, 0.717) is 0 Å². The van der Waals surface area contributed by atoms with Crippen LogP contribution in [-0.4, -0.2) is 5.54 Å². The molecule has 20 heavy (non-hydrogen) atoms. The summed E-state index contributed by atoms with van der Waals surface area (Å²) in [5, 5.41) is 0. The lowest BCUT2D eigenvalue weighted by atomic mass is 9.95. The summed E-state index contributed by atoms with van der Waals surface area (Å²) < 4.78 is 0. The third-order valence-electron chi connectivity index (χ3n) is 3.83. The van der Waals surface area contributed by atoms with Crippen molar-refractivity contribution >= 4 is 0 Å². The summed E-state index contributed by atoms with van der Waals surface area (Å²) in [6.07, 6.45) is 11.4. The fourth-order valence-corrected chi connectivity index (χ4v) is 2.41. The Morgan fingerprint density at radius 2 is 1.40 bits per heavy atom. The number of hydrogen-bond donors (Lipinski definition) is 1. The predicted octanol–water partition coefficient (Wildman–Crippen LogP) is 5.07. The van der Waals surface area contributed by atoms with Gasteiger partial charge in [-0.05, 0) is 50.7 Å². The highest BCUT2D eigenvalue weighted by Crippen LogP contribution is 2.14. The zero-order chi connectivity index (χ0) is 14.8. The summed E-state index contributed by atoms with van der Waals surface area (Å²) in [6.45, 7) is 8.21. The SMILES string of the molecule is [CH2]C(C)(N)CCc1ccc(CCCCCCCC)cc1. The van der Waals surface area contributed by atoms with Crippen LogP contribution in [0, 0.1) is 6.92 Å². The van der Waals surface area contributed by atoms with Gasteiger partial charge in [-0.3, -0.25) is 0 Å². The lowest BCUT2D eigenvalue weighted by molar-refractivity contribution is 0.529. The van der Waals surface area contributed by atoms with Crippen LogP contribution in [0.1, 0.15) is 69.9 Å². The monoisotopic (exact) mass is 274 g/mol. The van der Waals surface area contributed by atoms with Gasteiger partial charge in [0.05, 0.1) is 0 Å². The van der Waals surface area contributed by atoms with Gasteiger partial charge >= 0.3 is 0 Å². The number of unbranched alkanes of at least 4 members (excludes halogenated alkanes) is 5. The van der Waals surface area contributed by atoms with Crippen LogP contribution in [0.3, 0.4) is 0 Å². The molecule has 113 valence electrons. The summed E-state index contributed by atoms with van der Waals surface area (Å²) >= 11 is 0. The zero-order valence-corrected chi connectivity index (χ0v) is 13.5. The van der Waals surface area contributed by atoms with Crippen molar-refractivity contribution in [2.24, 2.45) is 5.73 Å². The molecule has 0 bridgehead atoms. The molecule has 1 rings (SSSR count). The van der Waals surface area contributed by atoms with Crippen LogP contribution in [0.5, 0.6) is 0 Å². The highest BCUT2D eigenvalue weighted by atomic mass is 14.7. The maximum atomic E-state index is 5.92. The zero-order valence-electron chi connectivity index (χ0n) is 13.5. The second-order valence-electron chi connectivity index (χ2n) is 6.49. The van der Waals surface area contributed by atoms with Crippen LogP contribution < -0.4 is 5.73 Å². The van der Waals surface area contributed by atoms with E-state index in [1.54, 1.807) is 0 Å². The van der Waals surface area contributed by atoms with E-state index >= 15 is 0 Å². The second kappa shape index (κ2) is 9.18. The van der Waals surface area contributed by atoms with Crippen molar-refractivity contribution in [3.05, 3.63) is 42.3 Å². The molecule has 0 aliphatic carbocycles. The van der Waals surface area contributed by atoms with E-state index in [1.165, 1.54) is 56.1 Å². The number of nitrogens with two attached hydrogens (primary N) is 1. The highest BCUT2D eigenvalue weighted by Gasteiger charge is 2.10. The van der Waals surface area contributed by atoms with E-state index in [1.807, 2.05) is 6.92 Å². The van der Waals surface area contributed by atoms with Gasteiger partial charge in [0, 0.05) is 5.54 Å². The van der Waals surface area contributed by atoms with Crippen molar-refractivity contribution < 1.29 is 0 Å². The number of aryl methyl sites for hydroxylation is 2. The fourth-order valence-electron chi connectivity index (χ4n) is 2.41. The van der Waals surface area contributed by atoms with Crippen molar-refractivity contribution in [2.75, 3.05) is 0 Å². The highest BCUT2D eigenvalue weighted by molar-refractivity contribution is 5.23. The molecule has 0 aliphatic rings. The van der Waals surface area contributed by atoms with E-state index in [9.17, 15) is 0 Å². The van der Waals surface area contributed by atoms with Crippen LogP contribution in [-0.2, 0) is 12.8 Å². The number of hydrogen-bond acceptors (Lipinski definition) is 1. The lowest BCUT2D eigenvalue weighted by Crippen LogP contribution is -2.32. The van der Waals surface area contributed by atoms with Crippen molar-refractivity contribution in [3.63, 3.8) is 0 Å². The molecule has 0 amide bonds. The van der Waals surface area contributed by atoms with Gasteiger partial charge in [-0.15, -0.1) is 0 Å². The first-order chi connectivity index (χ1) is 9.51. The summed E-state index contributed by atoms with van der Waals surface area (Å²) in [5.74, 6) is 0. The Morgan fingerprint density at radius 3 is 1.95 bits per heavy atom. The molecule has 0 saturated carbocycles. The van der Waals surface area contributed by atoms with Gasteiger partial charge < -0.3 is 5.73 Å². The van der Waals surface area contributed by atoms with Gasteiger partial charge in [-0.25, -0.2) is 0 Å². The minimum absolute atomic E-state index is 0.308. The molecule has 1 unspecified atom stereocenters. The molecule has 0 fully saturated rings. The molecular formula is C19H32N. The van der Waals surface area contributed by atoms with E-state index in [2.05, 4.69) is 38.1 Å². The summed E-state index contributed by atoms with van der Waals surface area (Å²) in [6, 6.07) is 9.05. The molecule has 0 spiro atoms. The fraction of sp³-hybridized carbons (Fsp3) is 0.632. The van der Waals surface area contributed by atoms with Gasteiger partial charge in [0.25, 0.3) is 0 Å². The van der Waals surface area contributed by atoms with E-state index in [0.717, 1.165) is 12.8 Å². The molecule has 1 atom stereocenters. The minimum atomic E-state index is -0.308. The van der Waals surface area contributed by atoms with Gasteiger partial charge in [0.1, 0.15) is 0 Å². The first-order valence-corrected chi connectivity index (χ1v) is 8.23. The maximum Gasteiger partial charge on any atom is 0.0129 e. The van der Waals surface area contributed by atoms with Gasteiger partial charge in [0.15, 0.2) is 0 Å². The Hall–Kier alpha value is -0.820. The molecule has 2 N–H and O–H groups in total. The van der Waals surface area contributed by atoms with Gasteiger partial charge in [-0.2, -0.15) is 0 Å². The van der Waals surface area contributed by atoms with Crippen molar-refractivity contribution in [1.29, 1.82) is 0 Å². The smallest absolute Gasteiger partial charge is 0.0129 e. The van der Waals surface area contributed by atoms with Crippen LogP contribution in [0.4, 0.5) is 0 Å². The third kappa shape index (κ3) is 8.37. The molecule has 1 radical (unpaired) electrons. The summed E-state index contributed by atoms with van der Waals surface area (Å²) in [7, 11) is 0. The van der Waals surface area contributed by atoms with Crippen molar-refractivity contribution in [3.8, 4) is 0 Å². The maximum absolute atomic E-state index is 5.92. The van der Waals surface area contributed by atoms with Crippen molar-refractivity contribution in [2.45, 2.75) is 77.2 Å². The molecular weight excluding hydrogens is 242 g/mol. The molecule has 1 aromatic carbocycles. The minimum Gasteiger partial charge on any atom is -0.325 e. The Bertz CT molecular complexity index is 345. The van der Waals surface area contributed by atoms with Gasteiger partial charge in [0.2, 0.25) is 0 Å². The van der Waals surface area contributed by atoms with Gasteiger partial charge in [-0.1, -0.05) is 63.3 Å². The third-order valence-corrected chi connectivity index (χ3v) is 3.83. The second-order valence-corrected chi connectivity index (χ2v) is 6.49. The summed E-state index contributed by atoms with van der Waals surface area (Å²) in [5.41, 5.74) is 8.45. The first-order valence-electron chi connectivity index (χ1n) is 8.23. The van der Waals surface area contributed by atoms with Crippen LogP contribution in [0.2, 0.25) is 0 Å². The molecule has 1 nitrogen and oxygen atoms in total. The normalized spacial score (nSPS) is 11.8. The molecule has 1 aromatic rings. The quantitative estimate of drug-likeness (QED) is 0.592. The Kier molecular flexibility index (Phi) is 7.91. The molecule has 0 aliphatic heterocycles. The largest absolute Gasteiger partial charge is 0.325 e. The van der Waals surface area contributed by atoms with Crippen LogP contribution >= 0.6 is 0 Å². The van der Waals surface area contributed by atoms with Crippen LogP contribution in [0.15, 0.2) is 24.3 Å². The van der Waals surface area contributed by atoms with E-state index < -0.39 is 0 Å². The first kappa shape index (κ1) is 17.2. The topological polar surface area (TPSA) is 26.0 Å². The average Bonchev–Trinajstić information content (AvgIpc) is 2.41. The molecule has 0 saturated heterocycles. The van der Waals surface area contributed by atoms with E-state index in [-0.39, 0.29) is 5.54 Å². The molecule has 0 aromatic heterocycles. The number of benzene rings is 1. The predicted molar refractivity (Wildman–Crippen MR) is 89.8 cm³/mol.